The third-order valence-corrected chi connectivity index (χ3v) is 2.79. The van der Waals surface area contributed by atoms with E-state index in [1.165, 1.54) is 13.0 Å². The fraction of sp³-hybridized carbons (Fsp3) is 0.600. The van der Waals surface area contributed by atoms with E-state index in [2.05, 4.69) is 21.2 Å². The molecule has 19 heavy (non-hydrogen) atoms. The lowest BCUT2D eigenvalue weighted by Crippen LogP contribution is -2.45. The first-order chi connectivity index (χ1) is 8.57. The number of alkyl halides is 6. The fourth-order valence-corrected chi connectivity index (χ4v) is 1.98. The van der Waals surface area contributed by atoms with Crippen molar-refractivity contribution in [2.75, 3.05) is 6.54 Å². The van der Waals surface area contributed by atoms with E-state index in [4.69, 9.17) is 4.42 Å². The summed E-state index contributed by atoms with van der Waals surface area (Å²) >= 11 is 2.84. The number of rotatable bonds is 4. The Morgan fingerprint density at radius 3 is 2.00 bits per heavy atom. The molecule has 0 aromatic carbocycles. The third kappa shape index (κ3) is 4.13. The van der Waals surface area contributed by atoms with Crippen LogP contribution in [-0.4, -0.2) is 18.9 Å². The minimum atomic E-state index is -5.43. The predicted molar refractivity (Wildman–Crippen MR) is 58.4 cm³/mol. The number of hydrogen-bond donors (Lipinski definition) is 1. The second-order valence-corrected chi connectivity index (χ2v) is 4.52. The van der Waals surface area contributed by atoms with Crippen LogP contribution in [0.4, 0.5) is 26.3 Å². The van der Waals surface area contributed by atoms with Gasteiger partial charge < -0.3 is 9.73 Å². The molecule has 1 unspecified atom stereocenters. The maximum Gasteiger partial charge on any atom is 0.402 e. The van der Waals surface area contributed by atoms with Gasteiger partial charge in [-0.1, -0.05) is 6.92 Å². The molecule has 1 atom stereocenters. The molecule has 0 aliphatic heterocycles. The van der Waals surface area contributed by atoms with E-state index in [0.717, 1.165) is 6.07 Å². The molecule has 0 radical (unpaired) electrons. The van der Waals surface area contributed by atoms with Gasteiger partial charge in [0.1, 0.15) is 5.76 Å². The second kappa shape index (κ2) is 5.74. The number of hydrogen-bond acceptors (Lipinski definition) is 2. The Morgan fingerprint density at radius 2 is 1.68 bits per heavy atom. The SMILES string of the molecule is CCNC(c1ccc(Br)o1)C(C(F)(F)F)C(F)(F)F. The Morgan fingerprint density at radius 1 is 1.16 bits per heavy atom. The van der Waals surface area contributed by atoms with Gasteiger partial charge in [0.2, 0.25) is 0 Å². The van der Waals surface area contributed by atoms with Gasteiger partial charge in [0, 0.05) is 0 Å². The zero-order chi connectivity index (χ0) is 14.8. The van der Waals surface area contributed by atoms with Gasteiger partial charge in [-0.25, -0.2) is 0 Å². The van der Waals surface area contributed by atoms with E-state index in [1.54, 1.807) is 0 Å². The predicted octanol–water partition coefficient (Wildman–Crippen LogP) is 4.43. The zero-order valence-corrected chi connectivity index (χ0v) is 11.2. The summed E-state index contributed by atoms with van der Waals surface area (Å²) in [5.74, 6) is -3.95. The molecule has 1 heterocycles. The summed E-state index contributed by atoms with van der Waals surface area (Å²) in [6, 6.07) is 0.294. The topological polar surface area (TPSA) is 25.2 Å². The number of furan rings is 1. The quantitative estimate of drug-likeness (QED) is 0.810. The van der Waals surface area contributed by atoms with Crippen molar-refractivity contribution >= 4 is 15.9 Å². The average molecular weight is 354 g/mol. The van der Waals surface area contributed by atoms with Crippen molar-refractivity contribution in [1.82, 2.24) is 5.32 Å². The van der Waals surface area contributed by atoms with Crippen molar-refractivity contribution in [2.24, 2.45) is 5.92 Å². The molecule has 110 valence electrons. The lowest BCUT2D eigenvalue weighted by atomic mass is 9.96. The first-order valence-corrected chi connectivity index (χ1v) is 5.98. The molecular weight excluding hydrogens is 344 g/mol. The summed E-state index contributed by atoms with van der Waals surface area (Å²) in [4.78, 5) is 0. The van der Waals surface area contributed by atoms with E-state index in [-0.39, 0.29) is 11.2 Å². The van der Waals surface area contributed by atoms with Crippen LogP contribution in [0.1, 0.15) is 18.7 Å². The van der Waals surface area contributed by atoms with E-state index in [9.17, 15) is 26.3 Å². The van der Waals surface area contributed by atoms with Crippen LogP contribution in [-0.2, 0) is 0 Å². The van der Waals surface area contributed by atoms with Gasteiger partial charge in [-0.2, -0.15) is 26.3 Å². The Bertz CT molecular complexity index is 399. The van der Waals surface area contributed by atoms with E-state index in [1.807, 2.05) is 0 Å². The molecule has 0 aliphatic rings. The Labute approximate surface area is 113 Å². The van der Waals surface area contributed by atoms with E-state index < -0.39 is 30.1 Å². The van der Waals surface area contributed by atoms with Gasteiger partial charge in [0.25, 0.3) is 0 Å². The highest BCUT2D eigenvalue weighted by atomic mass is 79.9. The van der Waals surface area contributed by atoms with Crippen LogP contribution in [0.2, 0.25) is 0 Å². The first kappa shape index (κ1) is 16.4. The molecule has 9 heteroatoms. The fourth-order valence-electron chi connectivity index (χ4n) is 1.66. The lowest BCUT2D eigenvalue weighted by Gasteiger charge is -2.29. The lowest BCUT2D eigenvalue weighted by molar-refractivity contribution is -0.293. The average Bonchev–Trinajstić information content (AvgIpc) is 2.59. The van der Waals surface area contributed by atoms with Gasteiger partial charge in [-0.05, 0) is 34.6 Å². The molecule has 1 rings (SSSR count). The second-order valence-electron chi connectivity index (χ2n) is 3.74. The minimum absolute atomic E-state index is 0.0634. The van der Waals surface area contributed by atoms with Crippen LogP contribution in [0.3, 0.4) is 0 Å². The summed E-state index contributed by atoms with van der Waals surface area (Å²) in [6.45, 7) is 1.35. The van der Waals surface area contributed by atoms with Crippen LogP contribution in [0.15, 0.2) is 21.2 Å². The highest BCUT2D eigenvalue weighted by Gasteiger charge is 2.61. The summed E-state index contributed by atoms with van der Waals surface area (Å²) in [6.07, 6.45) is -10.9. The zero-order valence-electron chi connectivity index (χ0n) is 9.57. The molecule has 1 N–H and O–H groups in total. The van der Waals surface area contributed by atoms with Crippen molar-refractivity contribution in [2.45, 2.75) is 25.3 Å². The maximum absolute atomic E-state index is 12.7. The normalized spacial score (nSPS) is 15.0. The summed E-state index contributed by atoms with van der Waals surface area (Å²) < 4.78 is 80.9. The van der Waals surface area contributed by atoms with Crippen molar-refractivity contribution in [3.05, 3.63) is 22.6 Å². The van der Waals surface area contributed by atoms with Crippen LogP contribution in [0.5, 0.6) is 0 Å². The molecule has 0 amide bonds. The molecule has 0 fully saturated rings. The third-order valence-electron chi connectivity index (χ3n) is 2.36. The van der Waals surface area contributed by atoms with Crippen LogP contribution < -0.4 is 5.32 Å². The van der Waals surface area contributed by atoms with Crippen molar-refractivity contribution in [3.63, 3.8) is 0 Å². The Kier molecular flexibility index (Phi) is 4.94. The number of nitrogens with one attached hydrogen (secondary N) is 1. The monoisotopic (exact) mass is 353 g/mol. The van der Waals surface area contributed by atoms with Crippen LogP contribution in [0, 0.1) is 5.92 Å². The van der Waals surface area contributed by atoms with Crippen LogP contribution >= 0.6 is 15.9 Å². The molecule has 2 nitrogen and oxygen atoms in total. The van der Waals surface area contributed by atoms with E-state index in [0.29, 0.717) is 0 Å². The smallest absolute Gasteiger partial charge is 0.402 e. The first-order valence-electron chi connectivity index (χ1n) is 5.19. The Balaban J connectivity index is 3.20. The van der Waals surface area contributed by atoms with Crippen molar-refractivity contribution < 1.29 is 30.8 Å². The molecule has 0 bridgehead atoms. The summed E-state index contributed by atoms with van der Waals surface area (Å²) in [5.41, 5.74) is 0. The standard InChI is InChI=1S/C10H10BrF6NO/c1-2-18-7(5-3-4-6(11)19-5)8(9(12,13)14)10(15,16)17/h3-4,7-8,18H,2H2,1H3. The van der Waals surface area contributed by atoms with Gasteiger partial charge in [-0.3, -0.25) is 0 Å². The summed E-state index contributed by atoms with van der Waals surface area (Å²) in [7, 11) is 0. The minimum Gasteiger partial charge on any atom is -0.453 e. The van der Waals surface area contributed by atoms with Gasteiger partial charge in [0.15, 0.2) is 10.6 Å². The molecule has 0 saturated carbocycles. The largest absolute Gasteiger partial charge is 0.453 e. The molecule has 0 spiro atoms. The van der Waals surface area contributed by atoms with Crippen LogP contribution in [0.25, 0.3) is 0 Å². The van der Waals surface area contributed by atoms with Gasteiger partial charge in [-0.15, -0.1) is 0 Å². The number of halogens is 7. The highest BCUT2D eigenvalue weighted by Crippen LogP contribution is 2.46. The van der Waals surface area contributed by atoms with E-state index >= 15 is 0 Å². The molecule has 1 aromatic rings. The maximum atomic E-state index is 12.7. The Hall–Kier alpha value is -0.700. The molecule has 0 aliphatic carbocycles. The van der Waals surface area contributed by atoms with Gasteiger partial charge >= 0.3 is 12.4 Å². The highest BCUT2D eigenvalue weighted by molar-refractivity contribution is 9.10. The van der Waals surface area contributed by atoms with Crippen molar-refractivity contribution in [1.29, 1.82) is 0 Å². The molecule has 1 aromatic heterocycles. The molecule has 0 saturated heterocycles. The summed E-state index contributed by atoms with van der Waals surface area (Å²) in [5, 5.41) is 2.17. The molecular formula is C10H10BrF6NO. The van der Waals surface area contributed by atoms with Crippen molar-refractivity contribution in [3.8, 4) is 0 Å². The van der Waals surface area contributed by atoms with Gasteiger partial charge in [0.05, 0.1) is 6.04 Å².